The van der Waals surface area contributed by atoms with Crippen LogP contribution in [0.15, 0.2) is 24.3 Å². The van der Waals surface area contributed by atoms with Crippen LogP contribution in [0, 0.1) is 5.41 Å². The van der Waals surface area contributed by atoms with Gasteiger partial charge in [0.15, 0.2) is 0 Å². The van der Waals surface area contributed by atoms with Gasteiger partial charge in [-0.05, 0) is 49.3 Å². The number of para-hydroxylation sites is 1. The number of piperidine rings is 1. The summed E-state index contributed by atoms with van der Waals surface area (Å²) in [4.78, 5) is 37.0. The molecule has 170 valence electrons. The van der Waals surface area contributed by atoms with Crippen LogP contribution in [-0.2, 0) is 26.2 Å². The molecule has 31 heavy (non-hydrogen) atoms. The van der Waals surface area contributed by atoms with Crippen LogP contribution in [0.4, 0.5) is 0 Å². The topological polar surface area (TPSA) is 132 Å². The molecule has 0 radical (unpaired) electrons. The summed E-state index contributed by atoms with van der Waals surface area (Å²) in [6.07, 6.45) is 4.52. The molecule has 9 nitrogen and oxygen atoms in total. The number of aromatic nitrogens is 1. The molecule has 1 fully saturated rings. The molecular weight excluding hydrogens is 423 g/mol. The molecule has 2 aromatic rings. The summed E-state index contributed by atoms with van der Waals surface area (Å²) in [5.41, 5.74) is 1.69. The Morgan fingerprint density at radius 1 is 1.26 bits per heavy atom. The Hall–Kier alpha value is -1.74. The maximum Gasteiger partial charge on any atom is 0.466 e. The van der Waals surface area contributed by atoms with E-state index in [1.54, 1.807) is 0 Å². The molecule has 4 heterocycles. The Morgan fingerprint density at radius 2 is 1.94 bits per heavy atom. The van der Waals surface area contributed by atoms with Gasteiger partial charge in [-0.15, -0.1) is 0 Å². The fourth-order valence-electron chi connectivity index (χ4n) is 6.10. The fourth-order valence-corrected chi connectivity index (χ4v) is 6.10. The van der Waals surface area contributed by atoms with Crippen molar-refractivity contribution in [1.29, 1.82) is 0 Å². The van der Waals surface area contributed by atoms with Gasteiger partial charge in [0, 0.05) is 24.0 Å². The number of esters is 1. The van der Waals surface area contributed by atoms with E-state index in [1.807, 2.05) is 22.8 Å². The van der Waals surface area contributed by atoms with Gasteiger partial charge >= 0.3 is 13.8 Å². The molecule has 1 saturated heterocycles. The highest BCUT2D eigenvalue weighted by molar-refractivity contribution is 7.45. The fraction of sp³-hybridized carbons (Fsp3) is 0.571. The lowest BCUT2D eigenvalue weighted by molar-refractivity contribution is -0.194. The number of carbonyl (C=O) groups excluding carboxylic acids is 1. The average molecular weight is 452 g/mol. The lowest BCUT2D eigenvalue weighted by Crippen LogP contribution is -2.60. The molecule has 5 rings (SSSR count). The number of rotatable bonds is 2. The lowest BCUT2D eigenvalue weighted by atomic mass is 9.62. The zero-order chi connectivity index (χ0) is 22.6. The third-order valence-electron chi connectivity index (χ3n) is 7.18. The maximum atomic E-state index is 12.8. The number of nitrogens with zero attached hydrogens (tertiary/aromatic N) is 2. The first-order valence-corrected chi connectivity index (χ1v) is 12.1. The minimum absolute atomic E-state index is 0.0826. The minimum atomic E-state index is -4.64. The van der Waals surface area contributed by atoms with E-state index in [4.69, 9.17) is 24.0 Å². The number of phosphoric acid groups is 1. The number of methoxy groups -OCH3 is 1. The van der Waals surface area contributed by atoms with E-state index >= 15 is 0 Å². The third-order valence-corrected chi connectivity index (χ3v) is 7.18. The molecule has 1 aromatic carbocycles. The highest BCUT2D eigenvalue weighted by atomic mass is 31.2. The largest absolute Gasteiger partial charge is 0.466 e. The summed E-state index contributed by atoms with van der Waals surface area (Å²) in [5, 5.41) is 12.9. The van der Waals surface area contributed by atoms with Gasteiger partial charge < -0.3 is 29.1 Å². The van der Waals surface area contributed by atoms with E-state index in [0.717, 1.165) is 50.0 Å². The number of benzene rings is 1. The molecule has 0 spiro atoms. The van der Waals surface area contributed by atoms with E-state index in [2.05, 4.69) is 17.9 Å². The number of aliphatic hydroxyl groups is 1. The zero-order valence-electron chi connectivity index (χ0n) is 17.7. The van der Waals surface area contributed by atoms with E-state index in [-0.39, 0.29) is 11.5 Å². The molecule has 4 N–H and O–H groups in total. The highest BCUT2D eigenvalue weighted by Gasteiger charge is 2.60. The molecule has 10 heteroatoms. The quantitative estimate of drug-likeness (QED) is 0.402. The van der Waals surface area contributed by atoms with Crippen molar-refractivity contribution in [2.75, 3.05) is 20.2 Å². The van der Waals surface area contributed by atoms with Gasteiger partial charge in [0.1, 0.15) is 0 Å². The van der Waals surface area contributed by atoms with Crippen molar-refractivity contribution in [2.24, 2.45) is 5.41 Å². The number of fused-ring (bicyclic) bond motifs is 3. The summed E-state index contributed by atoms with van der Waals surface area (Å²) in [6, 6.07) is 8.45. The molecule has 0 amide bonds. The van der Waals surface area contributed by atoms with Crippen LogP contribution in [0.25, 0.3) is 10.9 Å². The van der Waals surface area contributed by atoms with Crippen LogP contribution in [0.5, 0.6) is 0 Å². The second kappa shape index (κ2) is 7.69. The first-order chi connectivity index (χ1) is 14.6. The molecule has 0 unspecified atom stereocenters. The monoisotopic (exact) mass is 452 g/mol. The summed E-state index contributed by atoms with van der Waals surface area (Å²) in [7, 11) is -3.27. The van der Waals surface area contributed by atoms with Crippen molar-refractivity contribution in [1.82, 2.24) is 9.47 Å². The molecule has 3 aliphatic rings. The Kier molecular flexibility index (Phi) is 5.57. The van der Waals surface area contributed by atoms with Gasteiger partial charge in [-0.1, -0.05) is 25.1 Å². The van der Waals surface area contributed by atoms with E-state index < -0.39 is 19.5 Å². The van der Waals surface area contributed by atoms with Crippen LogP contribution in [0.3, 0.4) is 0 Å². The lowest BCUT2D eigenvalue weighted by Gasteiger charge is -2.57. The van der Waals surface area contributed by atoms with Crippen LogP contribution in [0.2, 0.25) is 0 Å². The number of ether oxygens (including phenoxy) is 1. The van der Waals surface area contributed by atoms with E-state index in [1.165, 1.54) is 18.1 Å². The molecule has 3 aliphatic heterocycles. The molecule has 0 aliphatic carbocycles. The van der Waals surface area contributed by atoms with Gasteiger partial charge in [-0.2, -0.15) is 0 Å². The van der Waals surface area contributed by atoms with Crippen molar-refractivity contribution in [3.63, 3.8) is 0 Å². The summed E-state index contributed by atoms with van der Waals surface area (Å²) >= 11 is 0. The van der Waals surface area contributed by atoms with Crippen molar-refractivity contribution in [2.45, 2.75) is 50.8 Å². The first kappa shape index (κ1) is 22.5. The second-order valence-electron chi connectivity index (χ2n) is 8.72. The predicted octanol–water partition coefficient (Wildman–Crippen LogP) is 2.02. The summed E-state index contributed by atoms with van der Waals surface area (Å²) < 4.78 is 15.9. The second-order valence-corrected chi connectivity index (χ2v) is 9.75. The Morgan fingerprint density at radius 3 is 2.58 bits per heavy atom. The van der Waals surface area contributed by atoms with Gasteiger partial charge in [-0.3, -0.25) is 4.90 Å². The van der Waals surface area contributed by atoms with Crippen LogP contribution >= 0.6 is 7.82 Å². The summed E-state index contributed by atoms with van der Waals surface area (Å²) in [5.74, 6) is -0.546. The normalized spacial score (nSPS) is 29.7. The first-order valence-electron chi connectivity index (χ1n) is 10.5. The van der Waals surface area contributed by atoms with Crippen molar-refractivity contribution in [3.8, 4) is 0 Å². The van der Waals surface area contributed by atoms with E-state index in [9.17, 15) is 9.90 Å². The molecule has 1 aromatic heterocycles. The Balaban J connectivity index is 0.000000418. The van der Waals surface area contributed by atoms with Crippen molar-refractivity contribution >= 4 is 24.7 Å². The number of hydrogen-bond donors (Lipinski definition) is 4. The third kappa shape index (κ3) is 3.53. The highest BCUT2D eigenvalue weighted by Crippen LogP contribution is 2.60. The van der Waals surface area contributed by atoms with Gasteiger partial charge in [0.2, 0.25) is 5.72 Å². The average Bonchev–Trinajstić information content (AvgIpc) is 3.07. The van der Waals surface area contributed by atoms with Gasteiger partial charge in [0.05, 0.1) is 18.7 Å². The molecular formula is C21H29N2O7P. The molecule has 0 bridgehead atoms. The zero-order valence-corrected chi connectivity index (χ0v) is 18.6. The maximum absolute atomic E-state index is 12.8. The number of hydrogen-bond acceptors (Lipinski definition) is 5. The van der Waals surface area contributed by atoms with Gasteiger partial charge in [0.25, 0.3) is 0 Å². The number of carbonyl (C=O) groups is 1. The standard InChI is InChI=1S/C21H26N2O3.H3O4P/c1-3-20-10-6-11-22-12-9-15-14-7-4-5-8-16(14)23(17(15)18(20)22)21(25,13-20)19(24)26-2;1-5(2,3)4/h4-5,7-8,18,25H,3,6,9-13H2,1-2H3;(H3,1,2,3,4)/t18-,20+,21+;/m1./s1. The summed E-state index contributed by atoms with van der Waals surface area (Å²) in [6.45, 7) is 4.36. The molecule has 0 saturated carbocycles. The van der Waals surface area contributed by atoms with Crippen LogP contribution in [-0.4, -0.2) is 55.4 Å². The molecule has 3 atom stereocenters. The van der Waals surface area contributed by atoms with Crippen molar-refractivity contribution in [3.05, 3.63) is 35.5 Å². The van der Waals surface area contributed by atoms with Crippen molar-refractivity contribution < 1.29 is 33.9 Å². The Bertz CT molecular complexity index is 1060. The minimum Gasteiger partial charge on any atom is -0.465 e. The Labute approximate surface area is 180 Å². The SMILES string of the molecule is CC[C@]12CCCN3CCc4c(n(c5ccccc45)[C@@](O)(C(=O)OC)C1)[C@@H]32.O=P(O)(O)O. The van der Waals surface area contributed by atoms with Gasteiger partial charge in [-0.25, -0.2) is 9.36 Å². The smallest absolute Gasteiger partial charge is 0.465 e. The predicted molar refractivity (Wildman–Crippen MR) is 113 cm³/mol. The van der Waals surface area contributed by atoms with Crippen LogP contribution < -0.4 is 0 Å². The van der Waals surface area contributed by atoms with E-state index in [0.29, 0.717) is 6.42 Å². The van der Waals surface area contributed by atoms with Crippen LogP contribution in [0.1, 0.15) is 49.9 Å².